The van der Waals surface area contributed by atoms with Crippen molar-refractivity contribution in [2.45, 2.75) is 25.3 Å². The second-order valence-electron chi connectivity index (χ2n) is 5.58. The maximum atomic E-state index is 12.6. The Hall–Kier alpha value is -1.37. The molecule has 7 heteroatoms. The van der Waals surface area contributed by atoms with E-state index in [1.807, 2.05) is 4.90 Å². The van der Waals surface area contributed by atoms with Gasteiger partial charge in [-0.3, -0.25) is 4.79 Å². The molecule has 2 saturated heterocycles. The van der Waals surface area contributed by atoms with E-state index in [0.717, 1.165) is 19.3 Å². The van der Waals surface area contributed by atoms with Gasteiger partial charge in [-0.25, -0.2) is 4.79 Å². The Bertz CT molecular complexity index is 449. The van der Waals surface area contributed by atoms with Crippen LogP contribution in [0.15, 0.2) is 0 Å². The zero-order chi connectivity index (χ0) is 13.6. The molecular weight excluding hydrogens is 264 g/mol. The molecule has 19 heavy (non-hydrogen) atoms. The maximum Gasteiger partial charge on any atom is 0.317 e. The number of urea groups is 1. The largest absolute Gasteiger partial charge is 0.392 e. The third-order valence-electron chi connectivity index (χ3n) is 4.61. The van der Waals surface area contributed by atoms with Crippen molar-refractivity contribution in [3.8, 4) is 0 Å². The summed E-state index contributed by atoms with van der Waals surface area (Å²) in [5, 5.41) is 2.81. The molecule has 0 bridgehead atoms. The number of fused-ring (bicyclic) bond motifs is 1. The van der Waals surface area contributed by atoms with Crippen LogP contribution in [0.4, 0.5) is 4.79 Å². The molecule has 104 valence electrons. The number of rotatable bonds is 2. The molecule has 3 N–H and O–H groups in total. The van der Waals surface area contributed by atoms with Crippen LogP contribution in [-0.4, -0.2) is 58.9 Å². The van der Waals surface area contributed by atoms with Gasteiger partial charge in [0, 0.05) is 26.2 Å². The van der Waals surface area contributed by atoms with Gasteiger partial charge in [0.15, 0.2) is 0 Å². The first-order chi connectivity index (χ1) is 9.04. The monoisotopic (exact) mass is 282 g/mol. The first-order valence-corrected chi connectivity index (χ1v) is 7.09. The fourth-order valence-electron chi connectivity index (χ4n) is 3.19. The quantitative estimate of drug-likeness (QED) is 0.680. The summed E-state index contributed by atoms with van der Waals surface area (Å²) in [5.74, 6) is 0.0604. The molecule has 3 rings (SSSR count). The lowest BCUT2D eigenvalue weighted by atomic mass is 9.67. The van der Waals surface area contributed by atoms with Gasteiger partial charge in [0.1, 0.15) is 0 Å². The molecule has 1 aliphatic carbocycles. The Morgan fingerprint density at radius 1 is 1.42 bits per heavy atom. The Balaban J connectivity index is 1.72. The van der Waals surface area contributed by atoms with Crippen LogP contribution in [0.5, 0.6) is 0 Å². The first kappa shape index (κ1) is 12.7. The number of hydrogen-bond acceptors (Lipinski definition) is 3. The molecule has 0 radical (unpaired) electrons. The number of hydrogen-bond donors (Lipinski definition) is 2. The highest BCUT2D eigenvalue weighted by Crippen LogP contribution is 2.43. The molecule has 1 saturated carbocycles. The van der Waals surface area contributed by atoms with Crippen LogP contribution in [0.1, 0.15) is 19.3 Å². The Labute approximate surface area is 117 Å². The Morgan fingerprint density at radius 3 is 2.74 bits per heavy atom. The van der Waals surface area contributed by atoms with Gasteiger partial charge in [0.05, 0.1) is 16.4 Å². The fourth-order valence-corrected chi connectivity index (χ4v) is 3.48. The lowest BCUT2D eigenvalue weighted by Crippen LogP contribution is -2.60. The van der Waals surface area contributed by atoms with Crippen molar-refractivity contribution >= 4 is 29.1 Å². The van der Waals surface area contributed by atoms with Gasteiger partial charge in [-0.15, -0.1) is 0 Å². The van der Waals surface area contributed by atoms with E-state index in [2.05, 4.69) is 5.32 Å². The van der Waals surface area contributed by atoms with E-state index < -0.39 is 5.41 Å². The molecule has 3 amide bonds. The molecule has 0 aromatic heterocycles. The second-order valence-corrected chi connectivity index (χ2v) is 6.02. The highest BCUT2D eigenvalue weighted by atomic mass is 32.1. The molecule has 3 aliphatic rings. The number of nitrogens with two attached hydrogens (primary N) is 1. The Kier molecular flexibility index (Phi) is 2.88. The van der Waals surface area contributed by atoms with Crippen molar-refractivity contribution in [1.29, 1.82) is 0 Å². The van der Waals surface area contributed by atoms with Gasteiger partial charge >= 0.3 is 6.03 Å². The number of nitrogens with one attached hydrogen (secondary N) is 1. The number of thiocarbonyl (C=S) groups is 1. The lowest BCUT2D eigenvalue weighted by molar-refractivity contribution is -0.144. The average molecular weight is 282 g/mol. The molecule has 2 aliphatic heterocycles. The van der Waals surface area contributed by atoms with Crippen LogP contribution in [0.25, 0.3) is 0 Å². The van der Waals surface area contributed by atoms with Crippen LogP contribution >= 0.6 is 12.2 Å². The van der Waals surface area contributed by atoms with Crippen molar-refractivity contribution < 1.29 is 9.59 Å². The topological polar surface area (TPSA) is 78.7 Å². The summed E-state index contributed by atoms with van der Waals surface area (Å²) in [7, 11) is 0. The molecule has 6 nitrogen and oxygen atoms in total. The minimum absolute atomic E-state index is 0.0233. The van der Waals surface area contributed by atoms with Gasteiger partial charge in [-0.2, -0.15) is 0 Å². The smallest absolute Gasteiger partial charge is 0.317 e. The summed E-state index contributed by atoms with van der Waals surface area (Å²) >= 11 is 5.09. The highest BCUT2D eigenvalue weighted by Gasteiger charge is 2.50. The highest BCUT2D eigenvalue weighted by molar-refractivity contribution is 7.80. The van der Waals surface area contributed by atoms with Gasteiger partial charge in [-0.1, -0.05) is 18.6 Å². The van der Waals surface area contributed by atoms with Crippen LogP contribution in [0.3, 0.4) is 0 Å². The second kappa shape index (κ2) is 4.33. The Morgan fingerprint density at radius 2 is 2.16 bits per heavy atom. The van der Waals surface area contributed by atoms with E-state index in [1.165, 1.54) is 0 Å². The zero-order valence-corrected chi connectivity index (χ0v) is 11.5. The maximum absolute atomic E-state index is 12.6. The van der Waals surface area contributed by atoms with E-state index >= 15 is 0 Å². The third-order valence-corrected chi connectivity index (χ3v) is 5.00. The van der Waals surface area contributed by atoms with Crippen LogP contribution in [0, 0.1) is 5.41 Å². The normalized spacial score (nSPS) is 28.4. The first-order valence-electron chi connectivity index (χ1n) is 6.68. The van der Waals surface area contributed by atoms with E-state index in [9.17, 15) is 9.59 Å². The minimum atomic E-state index is -0.604. The van der Waals surface area contributed by atoms with Crippen molar-refractivity contribution in [2.24, 2.45) is 11.1 Å². The zero-order valence-electron chi connectivity index (χ0n) is 10.7. The summed E-state index contributed by atoms with van der Waals surface area (Å²) in [5.41, 5.74) is 5.17. The van der Waals surface area contributed by atoms with Gasteiger partial charge in [0.2, 0.25) is 5.91 Å². The number of piperazine rings is 1. The van der Waals surface area contributed by atoms with E-state index in [0.29, 0.717) is 31.2 Å². The molecule has 3 fully saturated rings. The average Bonchev–Trinajstić information content (AvgIpc) is 2.68. The summed E-state index contributed by atoms with van der Waals surface area (Å²) in [6, 6.07) is 0.0680. The van der Waals surface area contributed by atoms with E-state index in [-0.39, 0.29) is 18.0 Å². The molecule has 2 heterocycles. The number of amides is 3. The van der Waals surface area contributed by atoms with E-state index in [1.54, 1.807) is 4.90 Å². The van der Waals surface area contributed by atoms with Crippen LogP contribution < -0.4 is 11.1 Å². The molecule has 1 atom stereocenters. The number of carbonyl (C=O) groups excluding carboxylic acids is 2. The molecular formula is C12H18N4O2S. The minimum Gasteiger partial charge on any atom is -0.392 e. The predicted molar refractivity (Wildman–Crippen MR) is 73.5 cm³/mol. The van der Waals surface area contributed by atoms with Crippen molar-refractivity contribution in [3.05, 3.63) is 0 Å². The van der Waals surface area contributed by atoms with Gasteiger partial charge < -0.3 is 20.9 Å². The molecule has 0 aromatic rings. The standard InChI is InChI=1S/C12H18N4O2S/c13-9(19)12(2-1-3-12)10(17)15-4-5-16-8(7-15)6-14-11(16)18/h8H,1-7H2,(H2,13,19)(H,14,18). The summed E-state index contributed by atoms with van der Waals surface area (Å²) in [6.45, 7) is 2.37. The van der Waals surface area contributed by atoms with Crippen molar-refractivity contribution in [1.82, 2.24) is 15.1 Å². The lowest BCUT2D eigenvalue weighted by Gasteiger charge is -2.45. The number of nitrogens with zero attached hydrogens (tertiary/aromatic N) is 2. The van der Waals surface area contributed by atoms with Gasteiger partial charge in [0.25, 0.3) is 0 Å². The summed E-state index contributed by atoms with van der Waals surface area (Å²) < 4.78 is 0. The predicted octanol–water partition coefficient (Wildman–Crippen LogP) is -0.321. The SMILES string of the molecule is NC(=S)C1(C(=O)N2CCN3C(=O)NCC3C2)CCC1. The van der Waals surface area contributed by atoms with Gasteiger partial charge in [-0.05, 0) is 12.8 Å². The fraction of sp³-hybridized carbons (Fsp3) is 0.750. The number of carbonyl (C=O) groups is 2. The van der Waals surface area contributed by atoms with Crippen molar-refractivity contribution in [3.63, 3.8) is 0 Å². The third kappa shape index (κ3) is 1.79. The van der Waals surface area contributed by atoms with Crippen LogP contribution in [-0.2, 0) is 4.79 Å². The molecule has 0 aromatic carbocycles. The van der Waals surface area contributed by atoms with E-state index in [4.69, 9.17) is 18.0 Å². The molecule has 1 unspecified atom stereocenters. The molecule has 0 spiro atoms. The summed E-state index contributed by atoms with van der Waals surface area (Å²) in [6.07, 6.45) is 2.54. The van der Waals surface area contributed by atoms with Crippen LogP contribution in [0.2, 0.25) is 0 Å². The van der Waals surface area contributed by atoms with Crippen molar-refractivity contribution in [2.75, 3.05) is 26.2 Å². The summed E-state index contributed by atoms with van der Waals surface area (Å²) in [4.78, 5) is 28.1.